The van der Waals surface area contributed by atoms with Gasteiger partial charge in [-0.15, -0.1) is 13.2 Å². The lowest BCUT2D eigenvalue weighted by molar-refractivity contribution is -0.274. The van der Waals surface area contributed by atoms with Crippen LogP contribution in [0.1, 0.15) is 93.1 Å². The van der Waals surface area contributed by atoms with Gasteiger partial charge in [0.1, 0.15) is 12.0 Å². The summed E-state index contributed by atoms with van der Waals surface area (Å²) < 4.78 is 54.1. The molecule has 3 heterocycles. The Bertz CT molecular complexity index is 1550. The molecule has 3 aliphatic rings. The summed E-state index contributed by atoms with van der Waals surface area (Å²) in [5, 5.41) is 0.982. The van der Waals surface area contributed by atoms with Gasteiger partial charge in [-0.05, 0) is 56.7 Å². The molecule has 4 atom stereocenters. The lowest BCUT2D eigenvalue weighted by Crippen LogP contribution is -2.51. The van der Waals surface area contributed by atoms with E-state index in [-0.39, 0.29) is 29.8 Å². The Hall–Kier alpha value is -3.33. The Morgan fingerprint density at radius 1 is 1.12 bits per heavy atom. The van der Waals surface area contributed by atoms with Crippen LogP contribution < -0.4 is 4.74 Å². The van der Waals surface area contributed by atoms with Crippen LogP contribution in [0.5, 0.6) is 5.75 Å². The number of carbonyl (C=O) groups excluding carboxylic acids is 2. The van der Waals surface area contributed by atoms with E-state index < -0.39 is 17.7 Å². The van der Waals surface area contributed by atoms with Crippen LogP contribution >= 0.6 is 0 Å². The molecule has 2 aromatic carbocycles. The molecule has 230 valence electrons. The molecule has 6 nitrogen and oxygen atoms in total. The van der Waals surface area contributed by atoms with E-state index in [2.05, 4.69) is 23.2 Å². The summed E-state index contributed by atoms with van der Waals surface area (Å²) in [7, 11) is 0. The topological polar surface area (TPSA) is 60.8 Å². The van der Waals surface area contributed by atoms with Crippen LogP contribution in [-0.2, 0) is 16.1 Å². The van der Waals surface area contributed by atoms with Crippen LogP contribution in [0, 0.1) is 5.41 Å². The average Bonchev–Trinajstić information content (AvgIpc) is 3.60. The minimum absolute atomic E-state index is 0.0614. The number of morpholine rings is 1. The van der Waals surface area contributed by atoms with E-state index in [1.54, 1.807) is 12.1 Å². The SMILES string of the molecule is CCCC(CCC)c1c2n(c3cc(C=O)ccc13)CC1(C(=O)N3C[C@@H](C)O[C@@H](C)C3)CC1c1c(OC(F)(F)F)cccc1-2. The Labute approximate surface area is 250 Å². The maximum absolute atomic E-state index is 14.5. The van der Waals surface area contributed by atoms with Gasteiger partial charge in [0.25, 0.3) is 0 Å². The van der Waals surface area contributed by atoms with Crippen LogP contribution in [0.3, 0.4) is 0 Å². The van der Waals surface area contributed by atoms with Gasteiger partial charge < -0.3 is 18.9 Å². The fourth-order valence-electron chi connectivity index (χ4n) is 7.89. The molecule has 1 aliphatic carbocycles. The summed E-state index contributed by atoms with van der Waals surface area (Å²) in [5.74, 6) is -0.573. The van der Waals surface area contributed by atoms with E-state index in [0.717, 1.165) is 54.1 Å². The minimum Gasteiger partial charge on any atom is -0.405 e. The molecule has 1 saturated carbocycles. The summed E-state index contributed by atoms with van der Waals surface area (Å²) in [6.45, 7) is 9.32. The van der Waals surface area contributed by atoms with Crippen molar-refractivity contribution in [1.29, 1.82) is 0 Å². The molecular formula is C34H39F3N2O4. The van der Waals surface area contributed by atoms with Gasteiger partial charge in [0.15, 0.2) is 0 Å². The molecule has 6 rings (SSSR count). The largest absolute Gasteiger partial charge is 0.573 e. The summed E-state index contributed by atoms with van der Waals surface area (Å²) >= 11 is 0. The predicted molar refractivity (Wildman–Crippen MR) is 158 cm³/mol. The fraction of sp³-hybridized carbons (Fsp3) is 0.529. The van der Waals surface area contributed by atoms with E-state index in [1.807, 2.05) is 36.9 Å². The maximum Gasteiger partial charge on any atom is 0.573 e. The first kappa shape index (κ1) is 29.7. The molecule has 0 N–H and O–H groups in total. The standard InChI is InChI=1S/C34H39F3N2O4/c1-5-8-23(9-6-2)29-24-13-12-22(18-40)14-27(24)39-19-33(32(41)38-16-20(3)42-21(4)17-38)15-26(33)30-25(31(29)39)10-7-11-28(30)43-34(35,36)37/h7,10-14,18,20-21,23,26H,5-6,8-9,15-17,19H2,1-4H3/t20-,21+,26?,33?. The number of nitrogens with zero attached hydrogens (tertiary/aromatic N) is 2. The van der Waals surface area contributed by atoms with Crippen molar-refractivity contribution in [1.82, 2.24) is 9.47 Å². The summed E-state index contributed by atoms with van der Waals surface area (Å²) in [6.07, 6.45) is -0.190. The van der Waals surface area contributed by atoms with Crippen LogP contribution in [-0.4, -0.2) is 53.3 Å². The Balaban J connectivity index is 1.63. The lowest BCUT2D eigenvalue weighted by atomic mass is 9.85. The summed E-state index contributed by atoms with van der Waals surface area (Å²) in [4.78, 5) is 28.3. The van der Waals surface area contributed by atoms with Crippen LogP contribution in [0.2, 0.25) is 0 Å². The van der Waals surface area contributed by atoms with Crippen LogP contribution in [0.25, 0.3) is 22.2 Å². The zero-order valence-corrected chi connectivity index (χ0v) is 25.2. The summed E-state index contributed by atoms with van der Waals surface area (Å²) in [5.41, 5.74) is 3.47. The first-order valence-electron chi connectivity index (χ1n) is 15.5. The third kappa shape index (κ3) is 5.13. The van der Waals surface area contributed by atoms with Crippen LogP contribution in [0.15, 0.2) is 36.4 Å². The molecule has 2 fully saturated rings. The Morgan fingerprint density at radius 2 is 1.81 bits per heavy atom. The quantitative estimate of drug-likeness (QED) is 0.249. The highest BCUT2D eigenvalue weighted by atomic mass is 19.4. The molecule has 0 bridgehead atoms. The number of rotatable bonds is 8. The van der Waals surface area contributed by atoms with Crippen LogP contribution in [0.4, 0.5) is 13.2 Å². The average molecular weight is 597 g/mol. The van der Waals surface area contributed by atoms with Crippen molar-refractivity contribution in [2.75, 3.05) is 13.1 Å². The number of fused-ring (bicyclic) bond motifs is 7. The van der Waals surface area contributed by atoms with E-state index in [4.69, 9.17) is 4.74 Å². The van der Waals surface area contributed by atoms with Crippen molar-refractivity contribution in [3.8, 4) is 17.0 Å². The summed E-state index contributed by atoms with van der Waals surface area (Å²) in [6, 6.07) is 10.5. The number of benzene rings is 2. The third-order valence-corrected chi connectivity index (χ3v) is 9.49. The number of amides is 1. The molecule has 2 aliphatic heterocycles. The van der Waals surface area contributed by atoms with Crippen molar-refractivity contribution < 1.29 is 32.2 Å². The number of alkyl halides is 3. The molecular weight excluding hydrogens is 557 g/mol. The Morgan fingerprint density at radius 3 is 2.44 bits per heavy atom. The number of aromatic nitrogens is 1. The zero-order valence-electron chi connectivity index (χ0n) is 25.2. The van der Waals surface area contributed by atoms with Gasteiger partial charge in [0.05, 0.1) is 23.3 Å². The third-order valence-electron chi connectivity index (χ3n) is 9.49. The van der Waals surface area contributed by atoms with Crippen molar-refractivity contribution in [2.45, 2.75) is 96.7 Å². The highest BCUT2D eigenvalue weighted by Crippen LogP contribution is 2.67. The van der Waals surface area contributed by atoms with E-state index >= 15 is 0 Å². The molecule has 1 saturated heterocycles. The second-order valence-electron chi connectivity index (χ2n) is 12.7. The van der Waals surface area contributed by atoms with E-state index in [0.29, 0.717) is 42.7 Å². The van der Waals surface area contributed by atoms with Gasteiger partial charge in [-0.2, -0.15) is 0 Å². The highest BCUT2D eigenvalue weighted by molar-refractivity contribution is 5.98. The molecule has 9 heteroatoms. The lowest BCUT2D eigenvalue weighted by Gasteiger charge is -2.37. The molecule has 2 unspecified atom stereocenters. The number of ether oxygens (including phenoxy) is 2. The number of hydrogen-bond acceptors (Lipinski definition) is 4. The van der Waals surface area contributed by atoms with Gasteiger partial charge in [-0.25, -0.2) is 0 Å². The van der Waals surface area contributed by atoms with Gasteiger partial charge >= 0.3 is 6.36 Å². The van der Waals surface area contributed by atoms with Gasteiger partial charge in [0, 0.05) is 53.1 Å². The van der Waals surface area contributed by atoms with Gasteiger partial charge in [0.2, 0.25) is 5.91 Å². The number of hydrogen-bond donors (Lipinski definition) is 0. The number of halogens is 3. The van der Waals surface area contributed by atoms with Crippen molar-refractivity contribution >= 4 is 23.1 Å². The zero-order chi connectivity index (χ0) is 30.7. The normalized spacial score (nSPS) is 24.7. The van der Waals surface area contributed by atoms with Gasteiger partial charge in [-0.3, -0.25) is 9.59 Å². The molecule has 3 aromatic rings. The molecule has 0 radical (unpaired) electrons. The predicted octanol–water partition coefficient (Wildman–Crippen LogP) is 7.83. The first-order chi connectivity index (χ1) is 20.5. The molecule has 43 heavy (non-hydrogen) atoms. The first-order valence-corrected chi connectivity index (χ1v) is 15.5. The Kier molecular flexibility index (Phi) is 7.60. The number of aldehydes is 1. The minimum atomic E-state index is -4.88. The van der Waals surface area contributed by atoms with E-state index in [9.17, 15) is 22.8 Å². The fourth-order valence-corrected chi connectivity index (χ4v) is 7.89. The maximum atomic E-state index is 14.5. The van der Waals surface area contributed by atoms with Crippen molar-refractivity contribution in [2.24, 2.45) is 5.41 Å². The molecule has 1 aromatic heterocycles. The second-order valence-corrected chi connectivity index (χ2v) is 12.7. The second kappa shape index (κ2) is 11.0. The number of carbonyl (C=O) groups is 2. The molecule has 1 amide bonds. The van der Waals surface area contributed by atoms with Crippen molar-refractivity contribution in [3.05, 3.63) is 53.1 Å². The monoisotopic (exact) mass is 596 g/mol. The molecule has 0 spiro atoms. The van der Waals surface area contributed by atoms with E-state index in [1.165, 1.54) is 6.07 Å². The highest BCUT2D eigenvalue weighted by Gasteiger charge is 2.65. The smallest absolute Gasteiger partial charge is 0.405 e. The van der Waals surface area contributed by atoms with Crippen molar-refractivity contribution in [3.63, 3.8) is 0 Å². The van der Waals surface area contributed by atoms with Gasteiger partial charge in [-0.1, -0.05) is 51.0 Å².